The van der Waals surface area contributed by atoms with Crippen LogP contribution in [-0.4, -0.2) is 14.6 Å². The van der Waals surface area contributed by atoms with Crippen molar-refractivity contribution < 1.29 is 0 Å². The first-order valence-electron chi connectivity index (χ1n) is 6.20. The highest BCUT2D eigenvalue weighted by Crippen LogP contribution is 2.28. The topological polar surface area (TPSA) is 68.2 Å². The molecule has 0 aliphatic carbocycles. The van der Waals surface area contributed by atoms with Gasteiger partial charge >= 0.3 is 0 Å². The Hall–Kier alpha value is -2.11. The number of benzene rings is 1. The van der Waals surface area contributed by atoms with Gasteiger partial charge in [-0.25, -0.2) is 10.8 Å². The molecular weight excluding hydrogens is 274 g/mol. The fraction of sp³-hybridized carbons (Fsp3) is 0.143. The van der Waals surface area contributed by atoms with Crippen LogP contribution in [0.3, 0.4) is 0 Å². The zero-order valence-corrected chi connectivity index (χ0v) is 11.9. The number of hydrogen-bond acceptors (Lipinski definition) is 4. The molecule has 0 saturated carbocycles. The van der Waals surface area contributed by atoms with E-state index in [1.165, 1.54) is 0 Å². The molecule has 5 nitrogen and oxygen atoms in total. The van der Waals surface area contributed by atoms with Crippen LogP contribution in [0.25, 0.3) is 16.9 Å². The van der Waals surface area contributed by atoms with E-state index in [2.05, 4.69) is 15.5 Å². The molecule has 6 heteroatoms. The van der Waals surface area contributed by atoms with Crippen molar-refractivity contribution in [2.75, 3.05) is 5.43 Å². The van der Waals surface area contributed by atoms with Crippen molar-refractivity contribution in [1.29, 1.82) is 0 Å². The molecule has 0 unspecified atom stereocenters. The normalized spacial score (nSPS) is 11.0. The maximum absolute atomic E-state index is 6.21. The lowest BCUT2D eigenvalue weighted by atomic mass is 10.1. The van der Waals surface area contributed by atoms with Crippen LogP contribution >= 0.6 is 11.6 Å². The molecule has 0 fully saturated rings. The molecule has 0 atom stereocenters. The molecule has 20 heavy (non-hydrogen) atoms. The number of nitrogens with zero attached hydrogens (tertiary/aromatic N) is 3. The molecule has 0 bridgehead atoms. The lowest BCUT2D eigenvalue weighted by molar-refractivity contribution is 0.916. The van der Waals surface area contributed by atoms with Crippen LogP contribution in [0.1, 0.15) is 11.3 Å². The summed E-state index contributed by atoms with van der Waals surface area (Å²) in [4.78, 5) is 4.52. The monoisotopic (exact) mass is 287 g/mol. The van der Waals surface area contributed by atoms with E-state index in [0.29, 0.717) is 5.02 Å². The van der Waals surface area contributed by atoms with Crippen LogP contribution in [0, 0.1) is 13.8 Å². The fourth-order valence-corrected chi connectivity index (χ4v) is 2.40. The number of anilines is 1. The van der Waals surface area contributed by atoms with Crippen molar-refractivity contribution in [2.45, 2.75) is 13.8 Å². The number of fused-ring (bicyclic) bond motifs is 1. The summed E-state index contributed by atoms with van der Waals surface area (Å²) >= 11 is 6.21. The van der Waals surface area contributed by atoms with Gasteiger partial charge in [-0.3, -0.25) is 0 Å². The zero-order chi connectivity index (χ0) is 14.3. The molecule has 0 amide bonds. The second kappa shape index (κ2) is 4.77. The Morgan fingerprint density at radius 1 is 1.25 bits per heavy atom. The van der Waals surface area contributed by atoms with E-state index in [-0.39, 0.29) is 0 Å². The maximum Gasteiger partial charge on any atom is 0.158 e. The van der Waals surface area contributed by atoms with Crippen molar-refractivity contribution in [3.05, 3.63) is 46.6 Å². The minimum atomic E-state index is 0.659. The van der Waals surface area contributed by atoms with E-state index in [1.807, 2.05) is 44.2 Å². The summed E-state index contributed by atoms with van der Waals surface area (Å²) in [6, 6.07) is 9.49. The molecule has 0 radical (unpaired) electrons. The van der Waals surface area contributed by atoms with E-state index in [0.717, 1.165) is 34.0 Å². The van der Waals surface area contributed by atoms with Crippen molar-refractivity contribution >= 4 is 23.1 Å². The maximum atomic E-state index is 6.21. The van der Waals surface area contributed by atoms with Gasteiger partial charge in [-0.1, -0.05) is 29.8 Å². The van der Waals surface area contributed by atoms with E-state index < -0.39 is 0 Å². The summed E-state index contributed by atoms with van der Waals surface area (Å²) < 4.78 is 1.70. The highest BCUT2D eigenvalue weighted by atomic mass is 35.5. The Kier molecular flexibility index (Phi) is 3.08. The Morgan fingerprint density at radius 2 is 2.00 bits per heavy atom. The fourth-order valence-electron chi connectivity index (χ4n) is 2.17. The lowest BCUT2D eigenvalue weighted by Crippen LogP contribution is -2.14. The van der Waals surface area contributed by atoms with Gasteiger partial charge < -0.3 is 5.43 Å². The smallest absolute Gasteiger partial charge is 0.158 e. The predicted molar refractivity (Wildman–Crippen MR) is 80.7 cm³/mol. The number of hydrazine groups is 1. The molecule has 0 spiro atoms. The third-order valence-corrected chi connectivity index (χ3v) is 3.70. The van der Waals surface area contributed by atoms with Gasteiger partial charge in [0, 0.05) is 22.9 Å². The highest BCUT2D eigenvalue weighted by Gasteiger charge is 2.13. The molecule has 3 N–H and O–H groups in total. The Labute approximate surface area is 121 Å². The number of halogens is 1. The van der Waals surface area contributed by atoms with Gasteiger partial charge in [0.05, 0.1) is 10.7 Å². The summed E-state index contributed by atoms with van der Waals surface area (Å²) in [7, 11) is 0. The molecule has 3 rings (SSSR count). The van der Waals surface area contributed by atoms with Crippen molar-refractivity contribution in [2.24, 2.45) is 5.84 Å². The highest BCUT2D eigenvalue weighted by molar-refractivity contribution is 6.33. The second-order valence-electron chi connectivity index (χ2n) is 4.59. The average Bonchev–Trinajstić information content (AvgIpc) is 2.84. The largest absolute Gasteiger partial charge is 0.308 e. The third kappa shape index (κ3) is 1.92. The van der Waals surface area contributed by atoms with E-state index >= 15 is 0 Å². The average molecular weight is 288 g/mol. The first kappa shape index (κ1) is 12.9. The van der Waals surface area contributed by atoms with Gasteiger partial charge in [0.1, 0.15) is 5.82 Å². The summed E-state index contributed by atoms with van der Waals surface area (Å²) in [5.74, 6) is 6.33. The summed E-state index contributed by atoms with van der Waals surface area (Å²) in [5, 5.41) is 5.20. The van der Waals surface area contributed by atoms with Crippen molar-refractivity contribution in [3.8, 4) is 11.3 Å². The molecule has 1 aromatic carbocycles. The third-order valence-electron chi connectivity index (χ3n) is 3.37. The Morgan fingerprint density at radius 3 is 2.70 bits per heavy atom. The van der Waals surface area contributed by atoms with Crippen molar-refractivity contribution in [1.82, 2.24) is 14.6 Å². The number of nitrogens with two attached hydrogens (primary N) is 1. The number of hydrogen-bond donors (Lipinski definition) is 2. The Balaban J connectivity index is 2.29. The molecule has 102 valence electrons. The molecule has 0 aliphatic heterocycles. The van der Waals surface area contributed by atoms with Gasteiger partial charge in [0.25, 0.3) is 0 Å². The predicted octanol–water partition coefficient (Wildman–Crippen LogP) is 2.95. The van der Waals surface area contributed by atoms with E-state index in [1.54, 1.807) is 4.52 Å². The van der Waals surface area contributed by atoms with E-state index in [4.69, 9.17) is 17.4 Å². The van der Waals surface area contributed by atoms with Gasteiger partial charge in [0.15, 0.2) is 5.65 Å². The van der Waals surface area contributed by atoms with Crippen LogP contribution in [0.5, 0.6) is 0 Å². The summed E-state index contributed by atoms with van der Waals surface area (Å²) in [6.45, 7) is 3.89. The number of aromatic nitrogens is 3. The first-order valence-corrected chi connectivity index (χ1v) is 6.58. The van der Waals surface area contributed by atoms with Gasteiger partial charge in [0.2, 0.25) is 0 Å². The standard InChI is InChI=1S/C14H14ClN5/c1-8-9(2)17-13-7-12(19-20(13)14(8)18-16)10-5-3-4-6-11(10)15/h3-7,18H,16H2,1-2H3. The number of nitrogen functional groups attached to an aromatic ring is 1. The van der Waals surface area contributed by atoms with Crippen LogP contribution < -0.4 is 11.3 Å². The minimum absolute atomic E-state index is 0.659. The van der Waals surface area contributed by atoms with Crippen LogP contribution in [0.4, 0.5) is 5.82 Å². The second-order valence-corrected chi connectivity index (χ2v) is 5.00. The molecule has 2 heterocycles. The Bertz CT molecular complexity index is 794. The number of aryl methyl sites for hydroxylation is 1. The van der Waals surface area contributed by atoms with Crippen molar-refractivity contribution in [3.63, 3.8) is 0 Å². The molecule has 3 aromatic rings. The SMILES string of the molecule is Cc1nc2cc(-c3ccccc3Cl)nn2c(NN)c1C. The number of nitrogens with one attached hydrogen (secondary N) is 1. The van der Waals surface area contributed by atoms with E-state index in [9.17, 15) is 0 Å². The minimum Gasteiger partial charge on any atom is -0.308 e. The van der Waals surface area contributed by atoms with Crippen LogP contribution in [-0.2, 0) is 0 Å². The number of rotatable bonds is 2. The van der Waals surface area contributed by atoms with Crippen LogP contribution in [0.15, 0.2) is 30.3 Å². The molecular formula is C14H14ClN5. The molecule has 0 aliphatic rings. The zero-order valence-electron chi connectivity index (χ0n) is 11.2. The van der Waals surface area contributed by atoms with Gasteiger partial charge in [-0.2, -0.15) is 9.61 Å². The molecule has 2 aromatic heterocycles. The summed E-state index contributed by atoms with van der Waals surface area (Å²) in [5.41, 5.74) is 6.94. The van der Waals surface area contributed by atoms with Crippen LogP contribution in [0.2, 0.25) is 5.02 Å². The van der Waals surface area contributed by atoms with Gasteiger partial charge in [-0.05, 0) is 19.9 Å². The quantitative estimate of drug-likeness (QED) is 0.562. The summed E-state index contributed by atoms with van der Waals surface area (Å²) in [6.07, 6.45) is 0. The first-order chi connectivity index (χ1) is 9.61. The van der Waals surface area contributed by atoms with Gasteiger partial charge in [-0.15, -0.1) is 0 Å². The lowest BCUT2D eigenvalue weighted by Gasteiger charge is -2.09. The molecule has 0 saturated heterocycles.